The van der Waals surface area contributed by atoms with Crippen LogP contribution in [-0.2, 0) is 13.0 Å². The van der Waals surface area contributed by atoms with Gasteiger partial charge in [0.1, 0.15) is 0 Å². The highest BCUT2D eigenvalue weighted by Crippen LogP contribution is 2.23. The van der Waals surface area contributed by atoms with Crippen molar-refractivity contribution in [2.45, 2.75) is 65.0 Å². The first-order valence-corrected chi connectivity index (χ1v) is 7.90. The van der Waals surface area contributed by atoms with Gasteiger partial charge < -0.3 is 5.32 Å². The molecule has 2 atom stereocenters. The van der Waals surface area contributed by atoms with Crippen LogP contribution in [-0.4, -0.2) is 6.04 Å². The van der Waals surface area contributed by atoms with Crippen LogP contribution in [0.2, 0.25) is 0 Å². The number of hydrogen-bond acceptors (Lipinski definition) is 2. The summed E-state index contributed by atoms with van der Waals surface area (Å²) >= 11 is 1.96. The molecule has 2 unspecified atom stereocenters. The molecule has 1 heterocycles. The maximum atomic E-state index is 3.75. The van der Waals surface area contributed by atoms with Gasteiger partial charge in [-0.25, -0.2) is 0 Å². The summed E-state index contributed by atoms with van der Waals surface area (Å²) in [6.07, 6.45) is 8.15. The number of aryl methyl sites for hydroxylation is 1. The summed E-state index contributed by atoms with van der Waals surface area (Å²) in [4.78, 5) is 3.01. The van der Waals surface area contributed by atoms with Crippen LogP contribution >= 0.6 is 11.3 Å². The Morgan fingerprint density at radius 2 is 2.00 bits per heavy atom. The minimum atomic E-state index is 0.757. The lowest BCUT2D eigenvalue weighted by Gasteiger charge is -2.15. The van der Waals surface area contributed by atoms with E-state index in [9.17, 15) is 0 Å². The molecule has 1 aliphatic rings. The second kappa shape index (κ2) is 6.55. The highest BCUT2D eigenvalue weighted by Gasteiger charge is 2.15. The van der Waals surface area contributed by atoms with Gasteiger partial charge in [0.25, 0.3) is 0 Å². The molecular formula is C15H25NS. The monoisotopic (exact) mass is 251 g/mol. The van der Waals surface area contributed by atoms with E-state index in [0.29, 0.717) is 0 Å². The summed E-state index contributed by atoms with van der Waals surface area (Å²) in [5.74, 6) is 0.940. The van der Waals surface area contributed by atoms with E-state index >= 15 is 0 Å². The normalized spacial score (nSPS) is 25.8. The fourth-order valence-corrected chi connectivity index (χ4v) is 3.55. The largest absolute Gasteiger partial charge is 0.309 e. The van der Waals surface area contributed by atoms with Gasteiger partial charge in [-0.1, -0.05) is 26.7 Å². The molecule has 0 bridgehead atoms. The predicted molar refractivity (Wildman–Crippen MR) is 76.6 cm³/mol. The Labute approximate surface area is 110 Å². The highest BCUT2D eigenvalue weighted by atomic mass is 32.1. The molecule has 1 nitrogen and oxygen atoms in total. The van der Waals surface area contributed by atoms with E-state index in [4.69, 9.17) is 0 Å². The number of rotatable bonds is 4. The van der Waals surface area contributed by atoms with Crippen molar-refractivity contribution < 1.29 is 0 Å². The van der Waals surface area contributed by atoms with Crippen molar-refractivity contribution in [1.29, 1.82) is 0 Å². The molecule has 0 amide bonds. The molecule has 0 aliphatic heterocycles. The van der Waals surface area contributed by atoms with E-state index in [2.05, 4.69) is 31.3 Å². The van der Waals surface area contributed by atoms with E-state index < -0.39 is 0 Å². The third-order valence-electron chi connectivity index (χ3n) is 3.89. The van der Waals surface area contributed by atoms with Crippen LogP contribution in [0.25, 0.3) is 0 Å². The van der Waals surface area contributed by atoms with Crippen molar-refractivity contribution in [2.75, 3.05) is 0 Å². The second-order valence-corrected chi connectivity index (χ2v) is 6.67. The van der Waals surface area contributed by atoms with Crippen LogP contribution in [0.1, 0.15) is 55.7 Å². The second-order valence-electron chi connectivity index (χ2n) is 5.41. The first kappa shape index (κ1) is 13.1. The van der Waals surface area contributed by atoms with E-state index in [-0.39, 0.29) is 0 Å². The molecule has 1 fully saturated rings. The molecule has 0 aromatic carbocycles. The summed E-state index contributed by atoms with van der Waals surface area (Å²) in [7, 11) is 0. The van der Waals surface area contributed by atoms with Gasteiger partial charge in [0.05, 0.1) is 0 Å². The van der Waals surface area contributed by atoms with Gasteiger partial charge in [0.2, 0.25) is 0 Å². The van der Waals surface area contributed by atoms with E-state index in [1.807, 2.05) is 11.3 Å². The summed E-state index contributed by atoms with van der Waals surface area (Å²) in [6, 6.07) is 5.32. The Morgan fingerprint density at radius 1 is 1.18 bits per heavy atom. The highest BCUT2D eigenvalue weighted by molar-refractivity contribution is 7.11. The van der Waals surface area contributed by atoms with E-state index in [1.54, 1.807) is 0 Å². The molecule has 2 rings (SSSR count). The number of thiophene rings is 1. The lowest BCUT2D eigenvalue weighted by Crippen LogP contribution is -2.27. The van der Waals surface area contributed by atoms with Crippen LogP contribution in [0, 0.1) is 5.92 Å². The van der Waals surface area contributed by atoms with Crippen molar-refractivity contribution in [3.05, 3.63) is 21.9 Å². The van der Waals surface area contributed by atoms with E-state index in [1.165, 1.54) is 48.3 Å². The Bertz CT molecular complexity index is 331. The van der Waals surface area contributed by atoms with Crippen LogP contribution < -0.4 is 5.32 Å². The van der Waals surface area contributed by atoms with Gasteiger partial charge in [-0.3, -0.25) is 0 Å². The third kappa shape index (κ3) is 4.11. The maximum absolute atomic E-state index is 3.75. The predicted octanol–water partition coefficient (Wildman–Crippen LogP) is 4.37. The summed E-state index contributed by atoms with van der Waals surface area (Å²) in [5.41, 5.74) is 0. The number of hydrogen-bond donors (Lipinski definition) is 1. The maximum Gasteiger partial charge on any atom is 0.0302 e. The van der Waals surface area contributed by atoms with Gasteiger partial charge in [-0.2, -0.15) is 0 Å². The zero-order valence-electron chi connectivity index (χ0n) is 11.2. The average molecular weight is 251 g/mol. The van der Waals surface area contributed by atoms with Crippen molar-refractivity contribution in [1.82, 2.24) is 5.32 Å². The molecule has 0 radical (unpaired) electrons. The minimum Gasteiger partial charge on any atom is -0.309 e. The SMILES string of the molecule is CCc1ccc(CNC2CCCC(C)CC2)s1. The molecule has 1 N–H and O–H groups in total. The molecular weight excluding hydrogens is 226 g/mol. The quantitative estimate of drug-likeness (QED) is 0.784. The summed E-state index contributed by atoms with van der Waals surface area (Å²) in [5, 5.41) is 3.75. The first-order chi connectivity index (χ1) is 8.28. The van der Waals surface area contributed by atoms with E-state index in [0.717, 1.165) is 18.5 Å². The lowest BCUT2D eigenvalue weighted by atomic mass is 10.0. The van der Waals surface area contributed by atoms with Crippen LogP contribution in [0.15, 0.2) is 12.1 Å². The first-order valence-electron chi connectivity index (χ1n) is 7.09. The molecule has 1 aliphatic carbocycles. The molecule has 96 valence electrons. The van der Waals surface area contributed by atoms with Gasteiger partial charge in [-0.05, 0) is 43.7 Å². The fourth-order valence-electron chi connectivity index (χ4n) is 2.64. The Hall–Kier alpha value is -0.340. The molecule has 1 aromatic heterocycles. The van der Waals surface area contributed by atoms with Gasteiger partial charge in [0, 0.05) is 22.3 Å². The molecule has 17 heavy (non-hydrogen) atoms. The van der Waals surface area contributed by atoms with Crippen LogP contribution in [0.3, 0.4) is 0 Å². The van der Waals surface area contributed by atoms with Gasteiger partial charge >= 0.3 is 0 Å². The minimum absolute atomic E-state index is 0.757. The zero-order valence-corrected chi connectivity index (χ0v) is 12.0. The Kier molecular flexibility index (Phi) is 5.05. The smallest absolute Gasteiger partial charge is 0.0302 e. The van der Waals surface area contributed by atoms with Gasteiger partial charge in [-0.15, -0.1) is 11.3 Å². The average Bonchev–Trinajstić information content (AvgIpc) is 2.70. The standard InChI is InChI=1S/C15H25NS/c1-3-14-9-10-15(17-14)11-16-13-6-4-5-12(2)7-8-13/h9-10,12-13,16H,3-8,11H2,1-2H3. The summed E-state index contributed by atoms with van der Waals surface area (Å²) < 4.78 is 0. The van der Waals surface area contributed by atoms with Crippen molar-refractivity contribution in [3.8, 4) is 0 Å². The van der Waals surface area contributed by atoms with Crippen molar-refractivity contribution in [2.24, 2.45) is 5.92 Å². The van der Waals surface area contributed by atoms with Crippen molar-refractivity contribution in [3.63, 3.8) is 0 Å². The number of nitrogens with one attached hydrogen (secondary N) is 1. The third-order valence-corrected chi connectivity index (χ3v) is 5.12. The van der Waals surface area contributed by atoms with Crippen molar-refractivity contribution >= 4 is 11.3 Å². The Balaban J connectivity index is 1.77. The summed E-state index contributed by atoms with van der Waals surface area (Å²) in [6.45, 7) is 5.70. The fraction of sp³-hybridized carbons (Fsp3) is 0.733. The molecule has 1 saturated carbocycles. The lowest BCUT2D eigenvalue weighted by molar-refractivity contribution is 0.449. The van der Waals surface area contributed by atoms with Crippen LogP contribution in [0.5, 0.6) is 0 Å². The molecule has 0 saturated heterocycles. The Morgan fingerprint density at radius 3 is 2.76 bits per heavy atom. The topological polar surface area (TPSA) is 12.0 Å². The zero-order chi connectivity index (χ0) is 12.1. The molecule has 2 heteroatoms. The van der Waals surface area contributed by atoms with Crippen LogP contribution in [0.4, 0.5) is 0 Å². The molecule has 1 aromatic rings. The van der Waals surface area contributed by atoms with Gasteiger partial charge in [0.15, 0.2) is 0 Å². The molecule has 0 spiro atoms.